The third kappa shape index (κ3) is 4.35. The Morgan fingerprint density at radius 3 is 2.49 bits per heavy atom. The predicted molar refractivity (Wildman–Crippen MR) is 148 cm³/mol. The Balaban J connectivity index is 0.000000191. The van der Waals surface area contributed by atoms with Gasteiger partial charge in [0.05, 0.1) is 0 Å². The van der Waals surface area contributed by atoms with E-state index in [0.29, 0.717) is 12.5 Å². The summed E-state index contributed by atoms with van der Waals surface area (Å²) in [7, 11) is 0. The smallest absolute Gasteiger partial charge is 0.126 e. The van der Waals surface area contributed by atoms with E-state index in [-0.39, 0.29) is 0 Å². The third-order valence-electron chi connectivity index (χ3n) is 7.32. The Bertz CT molecular complexity index is 1510. The van der Waals surface area contributed by atoms with Crippen molar-refractivity contribution in [2.45, 2.75) is 32.1 Å². The Labute approximate surface area is 207 Å². The molecule has 0 radical (unpaired) electrons. The molecule has 1 nitrogen and oxygen atoms in total. The lowest BCUT2D eigenvalue weighted by Crippen LogP contribution is -2.33. The van der Waals surface area contributed by atoms with E-state index in [1.807, 2.05) is 30.3 Å². The average molecular weight is 455 g/mol. The van der Waals surface area contributed by atoms with Crippen molar-refractivity contribution in [3.8, 4) is 5.75 Å². The van der Waals surface area contributed by atoms with Crippen molar-refractivity contribution in [2.24, 2.45) is 0 Å². The largest absolute Gasteiger partial charge is 0.489 e. The Morgan fingerprint density at radius 2 is 1.60 bits per heavy atom. The quantitative estimate of drug-likeness (QED) is 0.383. The zero-order valence-electron chi connectivity index (χ0n) is 20.2. The van der Waals surface area contributed by atoms with Crippen molar-refractivity contribution < 1.29 is 4.74 Å². The molecule has 0 unspecified atom stereocenters. The fourth-order valence-electron chi connectivity index (χ4n) is 5.51. The Morgan fingerprint density at radius 1 is 0.771 bits per heavy atom. The van der Waals surface area contributed by atoms with Crippen LogP contribution in [-0.4, -0.2) is 6.61 Å². The lowest BCUT2D eigenvalue weighted by molar-refractivity contribution is 0.358. The van der Waals surface area contributed by atoms with Crippen LogP contribution in [0.4, 0.5) is 0 Å². The fourth-order valence-corrected chi connectivity index (χ4v) is 5.51. The highest BCUT2D eigenvalue weighted by atomic mass is 16.5. The van der Waals surface area contributed by atoms with Crippen LogP contribution in [0, 0.1) is 0 Å². The summed E-state index contributed by atoms with van der Waals surface area (Å²) in [6, 6.07) is 23.5. The van der Waals surface area contributed by atoms with Gasteiger partial charge >= 0.3 is 0 Å². The minimum absolute atomic E-state index is 0.518. The van der Waals surface area contributed by atoms with E-state index in [9.17, 15) is 0 Å². The van der Waals surface area contributed by atoms with Gasteiger partial charge in [0.1, 0.15) is 12.4 Å². The summed E-state index contributed by atoms with van der Waals surface area (Å²) in [5, 5.41) is 2.89. The Kier molecular flexibility index (Phi) is 5.84. The van der Waals surface area contributed by atoms with Crippen molar-refractivity contribution in [2.75, 3.05) is 6.61 Å². The van der Waals surface area contributed by atoms with E-state index in [0.717, 1.165) is 25.0 Å². The number of hydrogen-bond donors (Lipinski definition) is 0. The van der Waals surface area contributed by atoms with Gasteiger partial charge in [0.25, 0.3) is 0 Å². The van der Waals surface area contributed by atoms with Gasteiger partial charge in [-0.05, 0) is 71.0 Å². The van der Waals surface area contributed by atoms with Crippen molar-refractivity contribution in [3.63, 3.8) is 0 Å². The zero-order valence-corrected chi connectivity index (χ0v) is 20.2. The summed E-state index contributed by atoms with van der Waals surface area (Å²) in [6.07, 6.45) is 19.4. The first-order chi connectivity index (χ1) is 17.3. The lowest BCUT2D eigenvalue weighted by atomic mass is 9.78. The molecule has 0 saturated heterocycles. The van der Waals surface area contributed by atoms with Crippen LogP contribution in [0.5, 0.6) is 5.75 Å². The first kappa shape index (κ1) is 21.7. The monoisotopic (exact) mass is 454 g/mol. The van der Waals surface area contributed by atoms with Gasteiger partial charge in [0.15, 0.2) is 0 Å². The molecule has 1 heterocycles. The number of allylic oxidation sites excluding steroid dienone is 5. The van der Waals surface area contributed by atoms with Gasteiger partial charge in [-0.2, -0.15) is 0 Å². The van der Waals surface area contributed by atoms with Crippen molar-refractivity contribution in [1.29, 1.82) is 0 Å². The number of hydrogen-bond acceptors (Lipinski definition) is 1. The molecular formula is C34H30O. The van der Waals surface area contributed by atoms with Gasteiger partial charge in [0, 0.05) is 11.5 Å². The average Bonchev–Trinajstić information content (AvgIpc) is 2.93. The fraction of sp³-hybridized carbons (Fsp3) is 0.176. The van der Waals surface area contributed by atoms with Crippen LogP contribution in [-0.2, 0) is 0 Å². The molecule has 3 aromatic carbocycles. The molecule has 35 heavy (non-hydrogen) atoms. The second-order valence-corrected chi connectivity index (χ2v) is 9.69. The van der Waals surface area contributed by atoms with Gasteiger partial charge in [0.2, 0.25) is 0 Å². The summed E-state index contributed by atoms with van der Waals surface area (Å²) in [5.41, 5.74) is 9.91. The number of fused-ring (bicyclic) bond motifs is 5. The molecule has 1 aliphatic heterocycles. The molecule has 1 atom stereocenters. The zero-order chi connectivity index (χ0) is 23.6. The highest BCUT2D eigenvalue weighted by Gasteiger charge is 2.21. The van der Waals surface area contributed by atoms with Crippen LogP contribution in [0.25, 0.3) is 29.9 Å². The summed E-state index contributed by atoms with van der Waals surface area (Å²) in [5.74, 6) is 1.51. The second-order valence-electron chi connectivity index (χ2n) is 9.69. The van der Waals surface area contributed by atoms with Crippen LogP contribution in [0.1, 0.15) is 54.4 Å². The van der Waals surface area contributed by atoms with Crippen LogP contribution < -0.4 is 15.2 Å². The molecule has 0 fully saturated rings. The lowest BCUT2D eigenvalue weighted by Gasteiger charge is -2.26. The normalized spacial score (nSPS) is 18.8. The molecule has 3 aromatic rings. The third-order valence-corrected chi connectivity index (χ3v) is 7.32. The molecule has 0 amide bonds. The van der Waals surface area contributed by atoms with E-state index in [4.69, 9.17) is 4.74 Å². The first-order valence-corrected chi connectivity index (χ1v) is 12.6. The number of para-hydroxylation sites is 1. The molecule has 3 aliphatic carbocycles. The minimum atomic E-state index is 0.518. The number of rotatable bonds is 1. The topological polar surface area (TPSA) is 9.23 Å². The molecule has 0 spiro atoms. The van der Waals surface area contributed by atoms with E-state index < -0.39 is 0 Å². The predicted octanol–water partition coefficient (Wildman–Crippen LogP) is 7.05. The maximum Gasteiger partial charge on any atom is 0.126 e. The van der Waals surface area contributed by atoms with Crippen LogP contribution in [0.15, 0.2) is 96.1 Å². The molecule has 7 rings (SSSR count). The van der Waals surface area contributed by atoms with Crippen LogP contribution in [0.2, 0.25) is 0 Å². The maximum atomic E-state index is 5.34. The summed E-state index contributed by atoms with van der Waals surface area (Å²) in [4.78, 5) is 0. The van der Waals surface area contributed by atoms with Crippen LogP contribution >= 0.6 is 0 Å². The summed E-state index contributed by atoms with van der Waals surface area (Å²) < 4.78 is 5.34. The van der Waals surface area contributed by atoms with Gasteiger partial charge in [-0.3, -0.25) is 0 Å². The van der Waals surface area contributed by atoms with E-state index in [2.05, 4.69) is 85.8 Å². The van der Waals surface area contributed by atoms with Gasteiger partial charge < -0.3 is 4.74 Å². The van der Waals surface area contributed by atoms with Crippen molar-refractivity contribution in [1.82, 2.24) is 0 Å². The van der Waals surface area contributed by atoms with E-state index >= 15 is 0 Å². The summed E-state index contributed by atoms with van der Waals surface area (Å²) >= 11 is 0. The highest BCUT2D eigenvalue weighted by molar-refractivity contribution is 5.83. The second kappa shape index (κ2) is 9.43. The molecule has 0 bridgehead atoms. The van der Waals surface area contributed by atoms with Crippen molar-refractivity contribution in [3.05, 3.63) is 129 Å². The van der Waals surface area contributed by atoms with Crippen molar-refractivity contribution >= 4 is 29.9 Å². The molecule has 0 saturated carbocycles. The molecule has 0 N–H and O–H groups in total. The first-order valence-electron chi connectivity index (χ1n) is 12.6. The van der Waals surface area contributed by atoms with E-state index in [1.165, 1.54) is 43.8 Å². The molecule has 1 heteroatoms. The molecular weight excluding hydrogens is 424 g/mol. The maximum absolute atomic E-state index is 5.34. The highest BCUT2D eigenvalue weighted by Crippen LogP contribution is 2.37. The standard InChI is InChI=1S/C25H22.C9H8O/c1-17-7-11-22-20(15-17)9-13-25-23-12-8-19(18-5-3-2-4-6-18)16-21(23)10-14-24(22)25;1-2-6-9-8(4-1)5-3-7-10-9/h2-6,8-9,11-15,19H,7,10,16H2,1H3;1-6H,7H2/t19-;/m1./s1. The summed E-state index contributed by atoms with van der Waals surface area (Å²) in [6.45, 7) is 2.92. The molecule has 0 aromatic heterocycles. The molecule has 172 valence electrons. The van der Waals surface area contributed by atoms with Gasteiger partial charge in [-0.25, -0.2) is 0 Å². The molecule has 4 aliphatic rings. The van der Waals surface area contributed by atoms with E-state index in [1.54, 1.807) is 5.57 Å². The number of ether oxygens (including phenoxy) is 1. The van der Waals surface area contributed by atoms with Gasteiger partial charge in [-0.1, -0.05) is 108 Å². The Hall–Kier alpha value is -3.84. The van der Waals surface area contributed by atoms with Gasteiger partial charge in [-0.15, -0.1) is 0 Å². The van der Waals surface area contributed by atoms with Crippen LogP contribution in [0.3, 0.4) is 0 Å². The SMILES string of the molecule is C1=Cc2ccccc2OC1.CC1=Cc2ccc3c(c2=CC1)=CCC1=C3C=C[C@@H](c2ccccc2)C1. The number of benzene rings is 3. The minimum Gasteiger partial charge on any atom is -0.489 e.